The van der Waals surface area contributed by atoms with Gasteiger partial charge in [0.05, 0.1) is 5.71 Å². The minimum absolute atomic E-state index is 0.0327. The Morgan fingerprint density at radius 2 is 2.00 bits per heavy atom. The molecule has 0 aromatic carbocycles. The molecule has 8 heavy (non-hydrogen) atoms. The van der Waals surface area contributed by atoms with Gasteiger partial charge in [-0.2, -0.15) is 0 Å². The molecular formula is C5H10N2O. The van der Waals surface area contributed by atoms with Crippen molar-refractivity contribution in [3.05, 3.63) is 0 Å². The molecule has 0 radical (unpaired) electrons. The average Bonchev–Trinajstić information content (AvgIpc) is 1.67. The van der Waals surface area contributed by atoms with E-state index in [1.165, 1.54) is 6.92 Å². The van der Waals surface area contributed by atoms with E-state index >= 15 is 0 Å². The van der Waals surface area contributed by atoms with Gasteiger partial charge in [0.15, 0.2) is 0 Å². The number of rotatable bonds is 3. The van der Waals surface area contributed by atoms with E-state index in [2.05, 4.69) is 0 Å². The van der Waals surface area contributed by atoms with Crippen molar-refractivity contribution in [3.63, 3.8) is 0 Å². The standard InChI is InChI=1S/C5H10N2O/c1-4(6)5(7)2-3-8/h6-8H,2-3H2,1H3. The molecule has 0 aromatic rings. The summed E-state index contributed by atoms with van der Waals surface area (Å²) in [5, 5.41) is 22.1. The summed E-state index contributed by atoms with van der Waals surface area (Å²) in [6.07, 6.45) is 0.301. The Morgan fingerprint density at radius 3 is 2.12 bits per heavy atom. The number of hydrogen-bond acceptors (Lipinski definition) is 3. The van der Waals surface area contributed by atoms with Gasteiger partial charge in [-0.05, 0) is 6.92 Å². The fourth-order valence-electron chi connectivity index (χ4n) is 0.299. The zero-order valence-corrected chi connectivity index (χ0v) is 4.86. The Bertz CT molecular complexity index is 109. The molecule has 3 heteroatoms. The maximum Gasteiger partial charge on any atom is 0.0541 e. The molecule has 0 unspecified atom stereocenters. The van der Waals surface area contributed by atoms with E-state index in [1.807, 2.05) is 0 Å². The minimum Gasteiger partial charge on any atom is -0.396 e. The van der Waals surface area contributed by atoms with Gasteiger partial charge in [-0.25, -0.2) is 0 Å². The number of aliphatic hydroxyl groups is 1. The highest BCUT2D eigenvalue weighted by Gasteiger charge is 1.95. The molecule has 0 heterocycles. The highest BCUT2D eigenvalue weighted by atomic mass is 16.3. The third-order valence-corrected chi connectivity index (χ3v) is 0.814. The van der Waals surface area contributed by atoms with Gasteiger partial charge in [-0.1, -0.05) is 0 Å². The van der Waals surface area contributed by atoms with Crippen LogP contribution in [0.1, 0.15) is 13.3 Å². The van der Waals surface area contributed by atoms with Gasteiger partial charge < -0.3 is 15.9 Å². The van der Waals surface area contributed by atoms with E-state index in [9.17, 15) is 0 Å². The lowest BCUT2D eigenvalue weighted by Gasteiger charge is -1.94. The van der Waals surface area contributed by atoms with Crippen LogP contribution in [-0.4, -0.2) is 23.1 Å². The molecule has 0 atom stereocenters. The van der Waals surface area contributed by atoms with Crippen molar-refractivity contribution in [3.8, 4) is 0 Å². The first-order valence-electron chi connectivity index (χ1n) is 2.42. The molecule has 0 aliphatic rings. The maximum atomic E-state index is 8.25. The van der Waals surface area contributed by atoms with Crippen molar-refractivity contribution in [1.29, 1.82) is 10.8 Å². The first-order valence-corrected chi connectivity index (χ1v) is 2.42. The highest BCUT2D eigenvalue weighted by Crippen LogP contribution is 1.82. The largest absolute Gasteiger partial charge is 0.396 e. The normalized spacial score (nSPS) is 8.75. The predicted molar refractivity (Wildman–Crippen MR) is 32.8 cm³/mol. The van der Waals surface area contributed by atoms with E-state index in [0.717, 1.165) is 0 Å². The molecule has 3 N–H and O–H groups in total. The predicted octanol–water partition coefficient (Wildman–Crippen LogP) is 0.428. The fraction of sp³-hybridized carbons (Fsp3) is 0.600. The van der Waals surface area contributed by atoms with Crippen molar-refractivity contribution < 1.29 is 5.11 Å². The Morgan fingerprint density at radius 1 is 1.50 bits per heavy atom. The van der Waals surface area contributed by atoms with Crippen LogP contribution < -0.4 is 0 Å². The summed E-state index contributed by atoms with van der Waals surface area (Å²) in [5.41, 5.74) is 0.451. The zero-order valence-electron chi connectivity index (χ0n) is 4.86. The fourth-order valence-corrected chi connectivity index (χ4v) is 0.299. The Balaban J connectivity index is 3.49. The van der Waals surface area contributed by atoms with Crippen LogP contribution in [0, 0.1) is 10.8 Å². The average molecular weight is 114 g/mol. The van der Waals surface area contributed by atoms with Crippen LogP contribution in [0.5, 0.6) is 0 Å². The van der Waals surface area contributed by atoms with Crippen molar-refractivity contribution >= 4 is 11.4 Å². The van der Waals surface area contributed by atoms with Gasteiger partial charge in [0, 0.05) is 18.7 Å². The number of hydrogen-bond donors (Lipinski definition) is 3. The SMILES string of the molecule is CC(=N)C(=N)CCO. The third-order valence-electron chi connectivity index (χ3n) is 0.814. The Kier molecular flexibility index (Phi) is 3.03. The van der Waals surface area contributed by atoms with E-state index in [1.54, 1.807) is 0 Å². The molecule has 0 saturated carbocycles. The monoisotopic (exact) mass is 114 g/mol. The van der Waals surface area contributed by atoms with Crippen LogP contribution in [0.3, 0.4) is 0 Å². The van der Waals surface area contributed by atoms with Crippen LogP contribution >= 0.6 is 0 Å². The van der Waals surface area contributed by atoms with Crippen LogP contribution in [0.15, 0.2) is 0 Å². The summed E-state index contributed by atoms with van der Waals surface area (Å²) < 4.78 is 0. The van der Waals surface area contributed by atoms with Crippen molar-refractivity contribution in [1.82, 2.24) is 0 Å². The summed E-state index contributed by atoms with van der Waals surface area (Å²) in [7, 11) is 0. The first-order chi connectivity index (χ1) is 3.68. The number of aliphatic hydroxyl groups excluding tert-OH is 1. The van der Waals surface area contributed by atoms with Gasteiger partial charge >= 0.3 is 0 Å². The molecule has 0 amide bonds. The van der Waals surface area contributed by atoms with Crippen LogP contribution in [-0.2, 0) is 0 Å². The molecule has 0 bridgehead atoms. The van der Waals surface area contributed by atoms with Gasteiger partial charge in [0.25, 0.3) is 0 Å². The first kappa shape index (κ1) is 7.30. The second kappa shape index (κ2) is 3.32. The topological polar surface area (TPSA) is 67.9 Å². The van der Waals surface area contributed by atoms with E-state index in [4.69, 9.17) is 15.9 Å². The Labute approximate surface area is 48.4 Å². The summed E-state index contributed by atoms with van der Waals surface area (Å²) in [4.78, 5) is 0. The molecule has 0 spiro atoms. The smallest absolute Gasteiger partial charge is 0.0541 e. The molecule has 46 valence electrons. The molecule has 0 aliphatic carbocycles. The molecule has 0 aromatic heterocycles. The maximum absolute atomic E-state index is 8.25. The van der Waals surface area contributed by atoms with E-state index in [-0.39, 0.29) is 18.0 Å². The molecule has 0 rings (SSSR count). The summed E-state index contributed by atoms with van der Waals surface area (Å²) in [6, 6.07) is 0. The lowest BCUT2D eigenvalue weighted by atomic mass is 10.2. The number of nitrogens with one attached hydrogen (secondary N) is 2. The lowest BCUT2D eigenvalue weighted by molar-refractivity contribution is 0.307. The van der Waals surface area contributed by atoms with Gasteiger partial charge in [0.1, 0.15) is 0 Å². The lowest BCUT2D eigenvalue weighted by Crippen LogP contribution is -2.08. The van der Waals surface area contributed by atoms with Gasteiger partial charge in [0.2, 0.25) is 0 Å². The van der Waals surface area contributed by atoms with Crippen molar-refractivity contribution in [2.75, 3.05) is 6.61 Å². The molecular weight excluding hydrogens is 104 g/mol. The van der Waals surface area contributed by atoms with Crippen molar-refractivity contribution in [2.45, 2.75) is 13.3 Å². The van der Waals surface area contributed by atoms with Crippen molar-refractivity contribution in [2.24, 2.45) is 0 Å². The summed E-state index contributed by atoms with van der Waals surface area (Å²) in [5.74, 6) is 0. The third kappa shape index (κ3) is 2.47. The van der Waals surface area contributed by atoms with E-state index in [0.29, 0.717) is 6.42 Å². The van der Waals surface area contributed by atoms with Crippen LogP contribution in [0.2, 0.25) is 0 Å². The van der Waals surface area contributed by atoms with Crippen LogP contribution in [0.25, 0.3) is 0 Å². The molecule has 0 saturated heterocycles. The minimum atomic E-state index is -0.0327. The summed E-state index contributed by atoms with van der Waals surface area (Å²) in [6.45, 7) is 1.51. The zero-order chi connectivity index (χ0) is 6.57. The molecule has 0 aliphatic heterocycles. The molecule has 0 fully saturated rings. The van der Waals surface area contributed by atoms with E-state index < -0.39 is 0 Å². The molecule has 3 nitrogen and oxygen atoms in total. The second-order valence-corrected chi connectivity index (χ2v) is 1.58. The highest BCUT2D eigenvalue weighted by molar-refractivity contribution is 6.38. The second-order valence-electron chi connectivity index (χ2n) is 1.58. The quantitative estimate of drug-likeness (QED) is 0.457. The van der Waals surface area contributed by atoms with Crippen LogP contribution in [0.4, 0.5) is 0 Å². The van der Waals surface area contributed by atoms with Gasteiger partial charge in [-0.3, -0.25) is 0 Å². The van der Waals surface area contributed by atoms with Gasteiger partial charge in [-0.15, -0.1) is 0 Å². The summed E-state index contributed by atoms with van der Waals surface area (Å²) >= 11 is 0. The Hall–Kier alpha value is -0.700.